The average molecular weight is 581 g/mol. The molecule has 0 aliphatic carbocycles. The van der Waals surface area contributed by atoms with Gasteiger partial charge in [0.1, 0.15) is 18.1 Å². The molecule has 0 radical (unpaired) electrons. The number of carbonyl (C=O) groups is 4. The third kappa shape index (κ3) is 13.5. The monoisotopic (exact) mass is 580 g/mol. The number of amides is 3. The molecule has 0 aliphatic rings. The summed E-state index contributed by atoms with van der Waals surface area (Å²) in [5.74, 6) is -3.60. The Kier molecular flexibility index (Phi) is 15.2. The fourth-order valence-corrected chi connectivity index (χ4v) is 3.69. The van der Waals surface area contributed by atoms with E-state index in [2.05, 4.69) is 35.9 Å². The Bertz CT molecular complexity index is 1040. The topological polar surface area (TPSA) is 308 Å². The summed E-state index contributed by atoms with van der Waals surface area (Å²) >= 11 is 0. The molecule has 0 saturated heterocycles. The van der Waals surface area contributed by atoms with Crippen LogP contribution in [-0.4, -0.2) is 87.9 Å². The lowest BCUT2D eigenvalue weighted by Gasteiger charge is -2.26. The molecule has 0 saturated carbocycles. The largest absolute Gasteiger partial charge is 0.480 e. The quantitative estimate of drug-likeness (QED) is 0.0445. The molecule has 1 aromatic rings. The van der Waals surface area contributed by atoms with E-state index in [4.69, 9.17) is 28.7 Å². The summed E-state index contributed by atoms with van der Waals surface area (Å²) in [6, 6.07) is -4.39. The molecule has 0 aromatic carbocycles. The van der Waals surface area contributed by atoms with E-state index in [-0.39, 0.29) is 56.6 Å². The lowest BCUT2D eigenvalue weighted by molar-refractivity contribution is -0.142. The van der Waals surface area contributed by atoms with Crippen molar-refractivity contribution in [2.75, 3.05) is 13.1 Å². The van der Waals surface area contributed by atoms with Crippen molar-refractivity contribution in [3.8, 4) is 0 Å². The van der Waals surface area contributed by atoms with Gasteiger partial charge in [0, 0.05) is 31.4 Å². The third-order valence-corrected chi connectivity index (χ3v) is 6.31. The van der Waals surface area contributed by atoms with Crippen LogP contribution in [0.3, 0.4) is 0 Å². The number of nitrogens with two attached hydrogens (primary N) is 5. The highest BCUT2D eigenvalue weighted by Gasteiger charge is 2.31. The lowest BCUT2D eigenvalue weighted by atomic mass is 9.98. The molecule has 0 aliphatic heterocycles. The predicted octanol–water partition coefficient (Wildman–Crippen LogP) is -3.03. The fraction of sp³-hybridized carbons (Fsp3) is 0.625. The molecule has 1 rings (SSSR count). The van der Waals surface area contributed by atoms with E-state index in [0.717, 1.165) is 0 Å². The number of rotatable bonds is 19. The second-order valence-corrected chi connectivity index (χ2v) is 9.61. The summed E-state index contributed by atoms with van der Waals surface area (Å²) in [6.07, 6.45) is 4.25. The van der Waals surface area contributed by atoms with Gasteiger partial charge in [-0.15, -0.1) is 0 Å². The van der Waals surface area contributed by atoms with Crippen LogP contribution in [0.5, 0.6) is 0 Å². The van der Waals surface area contributed by atoms with Crippen molar-refractivity contribution in [2.24, 2.45) is 44.6 Å². The number of aliphatic carboxylic acids is 1. The maximum Gasteiger partial charge on any atom is 0.326 e. The van der Waals surface area contributed by atoms with Crippen molar-refractivity contribution in [3.05, 3.63) is 18.2 Å². The molecule has 0 spiro atoms. The average Bonchev–Trinajstić information content (AvgIpc) is 3.43. The number of nitrogens with one attached hydrogen (secondary N) is 4. The molecule has 1 aromatic heterocycles. The molecule has 230 valence electrons. The van der Waals surface area contributed by atoms with Crippen LogP contribution in [0.25, 0.3) is 0 Å². The standard InChI is InChI=1S/C24H44N12O5/c1-3-13(2)18(25)21(39)35-16(7-5-9-32-24(28)29)19(37)34-15(6-4-8-31-23(26)27)20(38)36-17(22(40)41)10-14-11-30-12-33-14/h11-13,15-18H,3-10,25H2,1-2H3,(H,30,33)(H,34,37)(H,35,39)(H,36,38)(H,40,41)(H4,26,27,31)(H4,28,29,32). The number of imidazole rings is 1. The first-order valence-electron chi connectivity index (χ1n) is 13.3. The molecule has 0 fully saturated rings. The van der Waals surface area contributed by atoms with Crippen molar-refractivity contribution in [1.82, 2.24) is 25.9 Å². The van der Waals surface area contributed by atoms with E-state index in [0.29, 0.717) is 18.5 Å². The van der Waals surface area contributed by atoms with Gasteiger partial charge in [0.15, 0.2) is 11.9 Å². The highest BCUT2D eigenvalue weighted by Crippen LogP contribution is 2.09. The molecular formula is C24H44N12O5. The molecule has 0 bridgehead atoms. The van der Waals surface area contributed by atoms with Gasteiger partial charge in [-0.3, -0.25) is 24.4 Å². The van der Waals surface area contributed by atoms with Crippen LogP contribution in [-0.2, 0) is 25.6 Å². The van der Waals surface area contributed by atoms with Crippen LogP contribution in [0.2, 0.25) is 0 Å². The Hall–Kier alpha value is -4.41. The highest BCUT2D eigenvalue weighted by molar-refractivity contribution is 5.94. The van der Waals surface area contributed by atoms with Crippen LogP contribution >= 0.6 is 0 Å². The molecule has 1 heterocycles. The van der Waals surface area contributed by atoms with Gasteiger partial charge in [-0.05, 0) is 31.6 Å². The minimum Gasteiger partial charge on any atom is -0.480 e. The van der Waals surface area contributed by atoms with Crippen LogP contribution in [0.4, 0.5) is 0 Å². The summed E-state index contributed by atoms with van der Waals surface area (Å²) in [5, 5.41) is 17.4. The van der Waals surface area contributed by atoms with Gasteiger partial charge < -0.3 is 54.7 Å². The summed E-state index contributed by atoms with van der Waals surface area (Å²) in [4.78, 5) is 65.6. The SMILES string of the molecule is CCC(C)C(N)C(=O)NC(CCCN=C(N)N)C(=O)NC(CCCN=C(N)N)C(=O)NC(Cc1cnc[nH]1)C(=O)O. The second kappa shape index (κ2) is 18.0. The van der Waals surface area contributed by atoms with E-state index in [1.165, 1.54) is 12.5 Å². The van der Waals surface area contributed by atoms with E-state index in [1.807, 2.05) is 13.8 Å². The van der Waals surface area contributed by atoms with Crippen molar-refractivity contribution in [2.45, 2.75) is 76.5 Å². The van der Waals surface area contributed by atoms with Gasteiger partial charge in [-0.1, -0.05) is 20.3 Å². The van der Waals surface area contributed by atoms with Crippen molar-refractivity contribution >= 4 is 35.6 Å². The van der Waals surface area contributed by atoms with Gasteiger partial charge >= 0.3 is 5.97 Å². The number of carbonyl (C=O) groups excluding carboxylic acids is 3. The van der Waals surface area contributed by atoms with Gasteiger partial charge in [0.2, 0.25) is 17.7 Å². The molecule has 3 amide bonds. The van der Waals surface area contributed by atoms with Crippen LogP contribution in [0, 0.1) is 5.92 Å². The second-order valence-electron chi connectivity index (χ2n) is 9.61. The number of aliphatic imine (C=N–C) groups is 2. The first kappa shape index (κ1) is 34.6. The van der Waals surface area contributed by atoms with Crippen LogP contribution in [0.1, 0.15) is 51.6 Å². The van der Waals surface area contributed by atoms with E-state index in [9.17, 15) is 24.3 Å². The summed E-state index contributed by atoms with van der Waals surface area (Å²) in [5.41, 5.74) is 28.0. The van der Waals surface area contributed by atoms with Crippen LogP contribution < -0.4 is 44.6 Å². The zero-order valence-electron chi connectivity index (χ0n) is 23.5. The number of aromatic amines is 1. The molecule has 15 N–H and O–H groups in total. The predicted molar refractivity (Wildman–Crippen MR) is 153 cm³/mol. The first-order valence-corrected chi connectivity index (χ1v) is 13.3. The minimum absolute atomic E-state index is 0.0628. The maximum absolute atomic E-state index is 13.4. The van der Waals surface area contributed by atoms with E-state index < -0.39 is 47.9 Å². The number of hydrogen-bond donors (Lipinski definition) is 10. The van der Waals surface area contributed by atoms with Crippen molar-refractivity contribution in [3.63, 3.8) is 0 Å². The number of aromatic nitrogens is 2. The Morgan fingerprint density at radius 2 is 1.39 bits per heavy atom. The summed E-state index contributed by atoms with van der Waals surface area (Å²) in [6.45, 7) is 4.08. The Morgan fingerprint density at radius 3 is 1.80 bits per heavy atom. The third-order valence-electron chi connectivity index (χ3n) is 6.31. The summed E-state index contributed by atoms with van der Waals surface area (Å²) in [7, 11) is 0. The van der Waals surface area contributed by atoms with Gasteiger partial charge in [0.25, 0.3) is 0 Å². The molecule has 17 heteroatoms. The zero-order valence-corrected chi connectivity index (χ0v) is 23.5. The molecule has 41 heavy (non-hydrogen) atoms. The summed E-state index contributed by atoms with van der Waals surface area (Å²) < 4.78 is 0. The van der Waals surface area contributed by atoms with Crippen molar-refractivity contribution < 1.29 is 24.3 Å². The smallest absolute Gasteiger partial charge is 0.326 e. The number of nitrogens with zero attached hydrogens (tertiary/aromatic N) is 3. The van der Waals surface area contributed by atoms with Crippen LogP contribution in [0.15, 0.2) is 22.5 Å². The number of carboxylic acids is 1. The molecular weight excluding hydrogens is 536 g/mol. The first-order chi connectivity index (χ1) is 19.3. The van der Waals surface area contributed by atoms with E-state index in [1.54, 1.807) is 0 Å². The molecule has 5 unspecified atom stereocenters. The number of hydrogen-bond acceptors (Lipinski definition) is 8. The number of H-pyrrole nitrogens is 1. The Labute approximate surface area is 238 Å². The Balaban J connectivity index is 3.11. The van der Waals surface area contributed by atoms with Gasteiger partial charge in [-0.2, -0.15) is 0 Å². The normalized spacial score (nSPS) is 14.4. The zero-order chi connectivity index (χ0) is 30.9. The minimum atomic E-state index is -1.30. The fourth-order valence-electron chi connectivity index (χ4n) is 3.69. The Morgan fingerprint density at radius 1 is 0.902 bits per heavy atom. The van der Waals surface area contributed by atoms with Gasteiger partial charge in [0.05, 0.1) is 12.4 Å². The lowest BCUT2D eigenvalue weighted by Crippen LogP contribution is -2.57. The van der Waals surface area contributed by atoms with Gasteiger partial charge in [-0.25, -0.2) is 9.78 Å². The van der Waals surface area contributed by atoms with Crippen molar-refractivity contribution in [1.29, 1.82) is 0 Å². The number of guanidine groups is 2. The van der Waals surface area contributed by atoms with E-state index >= 15 is 0 Å². The molecule has 17 nitrogen and oxygen atoms in total. The number of carboxylic acid groups (broad SMARTS) is 1. The molecule has 5 atom stereocenters. The maximum atomic E-state index is 13.4. The highest BCUT2D eigenvalue weighted by atomic mass is 16.4.